The summed E-state index contributed by atoms with van der Waals surface area (Å²) in [6.45, 7) is 8.20. The van der Waals surface area contributed by atoms with Gasteiger partial charge in [0.2, 0.25) is 0 Å². The summed E-state index contributed by atoms with van der Waals surface area (Å²) in [4.78, 5) is 0. The molecule has 0 saturated carbocycles. The van der Waals surface area contributed by atoms with Crippen LogP contribution in [0.15, 0.2) is 24.3 Å². The van der Waals surface area contributed by atoms with Crippen molar-refractivity contribution in [1.29, 1.82) is 5.26 Å². The molecule has 0 saturated heterocycles. The van der Waals surface area contributed by atoms with Crippen molar-refractivity contribution in [3.8, 4) is 6.07 Å². The van der Waals surface area contributed by atoms with Gasteiger partial charge in [-0.3, -0.25) is 0 Å². The fraction of sp³-hybridized carbons (Fsp3) is 0.562. The minimum Gasteiger partial charge on any atom is -0.353 e. The van der Waals surface area contributed by atoms with E-state index >= 15 is 0 Å². The van der Waals surface area contributed by atoms with Crippen LogP contribution >= 0.6 is 0 Å². The number of nitrogens with zero attached hydrogens (tertiary/aromatic N) is 1. The second-order valence-corrected chi connectivity index (χ2v) is 4.54. The Kier molecular flexibility index (Phi) is 7.89. The van der Waals surface area contributed by atoms with Crippen molar-refractivity contribution in [3.63, 3.8) is 0 Å². The van der Waals surface area contributed by atoms with Crippen LogP contribution in [0.5, 0.6) is 0 Å². The number of hydrogen-bond acceptors (Lipinski definition) is 4. The Morgan fingerprint density at radius 1 is 1.15 bits per heavy atom. The molecule has 0 spiro atoms. The van der Waals surface area contributed by atoms with Crippen molar-refractivity contribution in [3.05, 3.63) is 35.4 Å². The summed E-state index contributed by atoms with van der Waals surface area (Å²) in [6.07, 6.45) is 0.688. The van der Waals surface area contributed by atoms with E-state index in [4.69, 9.17) is 14.7 Å². The van der Waals surface area contributed by atoms with E-state index < -0.39 is 0 Å². The maximum absolute atomic E-state index is 8.78. The number of ether oxygens (including phenoxy) is 2. The summed E-state index contributed by atoms with van der Waals surface area (Å²) in [6, 6.07) is 10.0. The Morgan fingerprint density at radius 3 is 2.25 bits per heavy atom. The molecule has 4 nitrogen and oxygen atoms in total. The smallest absolute Gasteiger partial charge is 0.158 e. The van der Waals surface area contributed by atoms with Gasteiger partial charge < -0.3 is 14.8 Å². The molecule has 0 heterocycles. The quantitative estimate of drug-likeness (QED) is 0.704. The maximum atomic E-state index is 8.78. The van der Waals surface area contributed by atoms with E-state index in [9.17, 15) is 0 Å². The molecule has 1 rings (SSSR count). The highest BCUT2D eigenvalue weighted by Crippen LogP contribution is 2.13. The van der Waals surface area contributed by atoms with E-state index in [1.165, 1.54) is 5.56 Å². The molecule has 0 radical (unpaired) electrons. The summed E-state index contributed by atoms with van der Waals surface area (Å²) < 4.78 is 11.0. The lowest BCUT2D eigenvalue weighted by Crippen LogP contribution is -2.26. The van der Waals surface area contributed by atoms with E-state index in [-0.39, 0.29) is 12.3 Å². The van der Waals surface area contributed by atoms with Crippen LogP contribution in [-0.2, 0) is 9.47 Å². The van der Waals surface area contributed by atoms with Gasteiger partial charge in [0.25, 0.3) is 0 Å². The first-order valence-electron chi connectivity index (χ1n) is 7.17. The van der Waals surface area contributed by atoms with Crippen LogP contribution < -0.4 is 5.32 Å². The van der Waals surface area contributed by atoms with Gasteiger partial charge in [0.1, 0.15) is 0 Å². The van der Waals surface area contributed by atoms with Gasteiger partial charge in [-0.15, -0.1) is 0 Å². The summed E-state index contributed by atoms with van der Waals surface area (Å²) in [5, 5.41) is 12.2. The van der Waals surface area contributed by atoms with Gasteiger partial charge in [-0.2, -0.15) is 5.26 Å². The Labute approximate surface area is 121 Å². The normalized spacial score (nSPS) is 12.3. The van der Waals surface area contributed by atoms with Crippen LogP contribution in [0.4, 0.5) is 0 Å². The van der Waals surface area contributed by atoms with E-state index in [2.05, 4.69) is 18.3 Å². The van der Waals surface area contributed by atoms with Gasteiger partial charge in [-0.1, -0.05) is 12.1 Å². The van der Waals surface area contributed by atoms with E-state index in [0.717, 1.165) is 13.0 Å². The van der Waals surface area contributed by atoms with Gasteiger partial charge in [0.05, 0.1) is 11.6 Å². The highest BCUT2D eigenvalue weighted by molar-refractivity contribution is 5.32. The third-order valence-electron chi connectivity index (χ3n) is 3.08. The first-order chi connectivity index (χ1) is 9.71. The molecular weight excluding hydrogens is 252 g/mol. The molecule has 1 atom stereocenters. The average molecular weight is 276 g/mol. The SMILES string of the molecule is CCOC(CCNC(C)c1ccc(C#N)cc1)OCC. The summed E-state index contributed by atoms with van der Waals surface area (Å²) in [5.74, 6) is 0. The molecule has 0 bridgehead atoms. The van der Waals surface area contributed by atoms with Crippen molar-refractivity contribution in [1.82, 2.24) is 5.32 Å². The van der Waals surface area contributed by atoms with Gasteiger partial charge >= 0.3 is 0 Å². The Morgan fingerprint density at radius 2 is 1.75 bits per heavy atom. The van der Waals surface area contributed by atoms with Gasteiger partial charge in [-0.05, 0) is 38.5 Å². The molecule has 1 unspecified atom stereocenters. The van der Waals surface area contributed by atoms with E-state index in [1.807, 2.05) is 38.1 Å². The Bertz CT molecular complexity index is 405. The maximum Gasteiger partial charge on any atom is 0.158 e. The number of benzene rings is 1. The second kappa shape index (κ2) is 9.49. The zero-order chi connectivity index (χ0) is 14.8. The van der Waals surface area contributed by atoms with E-state index in [0.29, 0.717) is 18.8 Å². The molecule has 1 N–H and O–H groups in total. The summed E-state index contributed by atoms with van der Waals surface area (Å²) in [7, 11) is 0. The predicted molar refractivity (Wildman–Crippen MR) is 79.2 cm³/mol. The Balaban J connectivity index is 2.38. The molecule has 20 heavy (non-hydrogen) atoms. The fourth-order valence-electron chi connectivity index (χ4n) is 1.97. The second-order valence-electron chi connectivity index (χ2n) is 4.54. The lowest BCUT2D eigenvalue weighted by atomic mass is 10.1. The molecule has 1 aromatic rings. The molecule has 0 amide bonds. The minimum absolute atomic E-state index is 0.134. The van der Waals surface area contributed by atoms with Crippen molar-refractivity contribution in [2.75, 3.05) is 19.8 Å². The van der Waals surface area contributed by atoms with Crippen LogP contribution in [0, 0.1) is 11.3 Å². The van der Waals surface area contributed by atoms with Crippen LogP contribution in [0.2, 0.25) is 0 Å². The Hall–Kier alpha value is -1.41. The molecule has 0 aliphatic carbocycles. The lowest BCUT2D eigenvalue weighted by Gasteiger charge is -2.19. The zero-order valence-electron chi connectivity index (χ0n) is 12.6. The van der Waals surface area contributed by atoms with Crippen LogP contribution in [0.3, 0.4) is 0 Å². The standard InChI is InChI=1S/C16H24N2O2/c1-4-19-16(20-5-2)10-11-18-13(3)15-8-6-14(12-17)7-9-15/h6-9,13,16,18H,4-5,10-11H2,1-3H3. The molecule has 0 fully saturated rings. The number of hydrogen-bond donors (Lipinski definition) is 1. The third-order valence-corrected chi connectivity index (χ3v) is 3.08. The highest BCUT2D eigenvalue weighted by Gasteiger charge is 2.09. The molecule has 4 heteroatoms. The highest BCUT2D eigenvalue weighted by atomic mass is 16.7. The first-order valence-corrected chi connectivity index (χ1v) is 7.17. The molecule has 110 valence electrons. The van der Waals surface area contributed by atoms with Crippen LogP contribution in [-0.4, -0.2) is 26.0 Å². The van der Waals surface area contributed by atoms with Crippen LogP contribution in [0.25, 0.3) is 0 Å². The van der Waals surface area contributed by atoms with E-state index in [1.54, 1.807) is 0 Å². The van der Waals surface area contributed by atoms with Crippen molar-refractivity contribution in [2.45, 2.75) is 39.5 Å². The van der Waals surface area contributed by atoms with Crippen molar-refractivity contribution >= 4 is 0 Å². The molecule has 0 aliphatic rings. The number of nitriles is 1. The van der Waals surface area contributed by atoms with Crippen LogP contribution in [0.1, 0.15) is 44.4 Å². The largest absolute Gasteiger partial charge is 0.353 e. The van der Waals surface area contributed by atoms with Gasteiger partial charge in [0.15, 0.2) is 6.29 Å². The zero-order valence-corrected chi connectivity index (χ0v) is 12.6. The predicted octanol–water partition coefficient (Wildman–Crippen LogP) is 3.00. The summed E-state index contributed by atoms with van der Waals surface area (Å²) in [5.41, 5.74) is 1.86. The average Bonchev–Trinajstić information content (AvgIpc) is 2.47. The van der Waals surface area contributed by atoms with Crippen molar-refractivity contribution < 1.29 is 9.47 Å². The lowest BCUT2D eigenvalue weighted by molar-refractivity contribution is -0.138. The van der Waals surface area contributed by atoms with Gasteiger partial charge in [-0.25, -0.2) is 0 Å². The third kappa shape index (κ3) is 5.70. The molecule has 0 aliphatic heterocycles. The molecule has 0 aromatic heterocycles. The topological polar surface area (TPSA) is 54.3 Å². The number of rotatable bonds is 9. The van der Waals surface area contributed by atoms with Crippen molar-refractivity contribution in [2.24, 2.45) is 0 Å². The first kappa shape index (κ1) is 16.6. The summed E-state index contributed by atoms with van der Waals surface area (Å²) >= 11 is 0. The minimum atomic E-state index is -0.134. The number of nitrogens with one attached hydrogen (secondary N) is 1. The fourth-order valence-corrected chi connectivity index (χ4v) is 1.97. The van der Waals surface area contributed by atoms with Gasteiger partial charge in [0, 0.05) is 32.2 Å². The monoisotopic (exact) mass is 276 g/mol. The molecular formula is C16H24N2O2. The molecule has 1 aromatic carbocycles.